The molecule has 3 heterocycles. The molecular formula is C30H35N3O7S. The molecule has 0 radical (unpaired) electrons. The SMILES string of the molecule is COc1ccccc1[C@H](Cn1c(=O)n(C(C)(C)C(=O)O)c(=O)c2c(C)c(-c3ncco3)sc21)OC1CCC(C)CC1. The van der Waals surface area contributed by atoms with Gasteiger partial charge in [-0.15, -0.1) is 11.3 Å². The third-order valence-corrected chi connectivity index (χ3v) is 9.38. The van der Waals surface area contributed by atoms with Crippen molar-refractivity contribution in [3.05, 3.63) is 68.7 Å². The molecule has 41 heavy (non-hydrogen) atoms. The van der Waals surface area contributed by atoms with Gasteiger partial charge in [-0.2, -0.15) is 0 Å². The minimum absolute atomic E-state index is 0.0124. The number of aromatic nitrogens is 3. The van der Waals surface area contributed by atoms with E-state index in [1.54, 1.807) is 14.0 Å². The molecule has 0 aliphatic heterocycles. The van der Waals surface area contributed by atoms with Crippen LogP contribution in [-0.2, 0) is 21.6 Å². The summed E-state index contributed by atoms with van der Waals surface area (Å²) in [6, 6.07) is 7.51. The number of carbonyl (C=O) groups is 1. The molecule has 1 aliphatic carbocycles. The predicted molar refractivity (Wildman–Crippen MR) is 156 cm³/mol. The number of fused-ring (bicyclic) bond motifs is 1. The third kappa shape index (κ3) is 5.24. The number of aryl methyl sites for hydroxylation is 1. The number of oxazole rings is 1. The van der Waals surface area contributed by atoms with Gasteiger partial charge in [-0.1, -0.05) is 25.1 Å². The first-order chi connectivity index (χ1) is 19.5. The molecule has 1 aromatic carbocycles. The molecule has 0 amide bonds. The van der Waals surface area contributed by atoms with E-state index in [1.165, 1.54) is 42.2 Å². The monoisotopic (exact) mass is 581 g/mol. The Balaban J connectivity index is 1.74. The van der Waals surface area contributed by atoms with Crippen molar-refractivity contribution < 1.29 is 23.8 Å². The highest BCUT2D eigenvalue weighted by Crippen LogP contribution is 2.38. The van der Waals surface area contributed by atoms with E-state index in [0.29, 0.717) is 32.8 Å². The highest BCUT2D eigenvalue weighted by atomic mass is 32.1. The number of benzene rings is 1. The largest absolute Gasteiger partial charge is 0.496 e. The third-order valence-electron chi connectivity index (χ3n) is 8.08. The summed E-state index contributed by atoms with van der Waals surface area (Å²) in [4.78, 5) is 45.6. The Labute approximate surface area is 241 Å². The Morgan fingerprint density at radius 1 is 1.22 bits per heavy atom. The summed E-state index contributed by atoms with van der Waals surface area (Å²) in [5.41, 5.74) is -1.86. The maximum absolute atomic E-state index is 14.2. The van der Waals surface area contributed by atoms with E-state index in [-0.39, 0.29) is 18.0 Å². The molecule has 11 heteroatoms. The summed E-state index contributed by atoms with van der Waals surface area (Å²) in [6.45, 7) is 6.74. The molecule has 0 spiro atoms. The number of thiophene rings is 1. The standard InChI is InChI=1S/C30H35N3O7S/c1-17-10-12-19(13-11-17)40-22(20-8-6-7-9-21(20)38-5)16-32-27-23(18(2)24(41-27)25-31-14-15-39-25)26(34)33(29(32)37)30(3,4)28(35)36/h6-9,14-15,17,19,22H,10-13,16H2,1-5H3,(H,35,36)/t17?,19?,22-/m0/s1. The normalized spacial score (nSPS) is 18.5. The average Bonchev–Trinajstić information content (AvgIpc) is 3.59. The summed E-state index contributed by atoms with van der Waals surface area (Å²) >= 11 is 1.22. The number of methoxy groups -OCH3 is 1. The first-order valence-electron chi connectivity index (χ1n) is 13.8. The van der Waals surface area contributed by atoms with Crippen molar-refractivity contribution in [2.24, 2.45) is 5.92 Å². The van der Waals surface area contributed by atoms with Crippen LogP contribution in [0.4, 0.5) is 0 Å². The maximum atomic E-state index is 14.2. The number of hydrogen-bond donors (Lipinski definition) is 1. The number of carboxylic acid groups (broad SMARTS) is 1. The highest BCUT2D eigenvalue weighted by molar-refractivity contribution is 7.22. The Morgan fingerprint density at radius 3 is 2.56 bits per heavy atom. The Morgan fingerprint density at radius 2 is 1.93 bits per heavy atom. The Kier molecular flexibility index (Phi) is 7.93. The van der Waals surface area contributed by atoms with Gasteiger partial charge in [-0.3, -0.25) is 9.36 Å². The minimum Gasteiger partial charge on any atom is -0.496 e. The Hall–Kier alpha value is -3.70. The van der Waals surface area contributed by atoms with Crippen LogP contribution < -0.4 is 16.0 Å². The van der Waals surface area contributed by atoms with E-state index in [9.17, 15) is 19.5 Å². The van der Waals surface area contributed by atoms with E-state index < -0.39 is 28.9 Å². The zero-order valence-corrected chi connectivity index (χ0v) is 24.7. The van der Waals surface area contributed by atoms with Crippen LogP contribution in [0, 0.1) is 12.8 Å². The van der Waals surface area contributed by atoms with Gasteiger partial charge in [0.1, 0.15) is 28.5 Å². The molecule has 4 aromatic rings. The Bertz CT molecular complexity index is 1670. The number of ether oxygens (including phenoxy) is 2. The molecule has 3 aromatic heterocycles. The van der Waals surface area contributed by atoms with E-state index in [2.05, 4.69) is 11.9 Å². The molecule has 1 atom stereocenters. The molecule has 0 unspecified atom stereocenters. The molecule has 1 aliphatic rings. The van der Waals surface area contributed by atoms with E-state index in [0.717, 1.165) is 35.8 Å². The lowest BCUT2D eigenvalue weighted by Crippen LogP contribution is -2.52. The first kappa shape index (κ1) is 28.8. The van der Waals surface area contributed by atoms with Gasteiger partial charge in [0.15, 0.2) is 0 Å². The van der Waals surface area contributed by atoms with Crippen molar-refractivity contribution in [1.29, 1.82) is 0 Å². The van der Waals surface area contributed by atoms with Gasteiger partial charge >= 0.3 is 11.7 Å². The van der Waals surface area contributed by atoms with Gasteiger partial charge in [-0.05, 0) is 64.0 Å². The van der Waals surface area contributed by atoms with Gasteiger partial charge in [0, 0.05) is 5.56 Å². The second kappa shape index (κ2) is 11.3. The van der Waals surface area contributed by atoms with Gasteiger partial charge < -0.3 is 19.0 Å². The van der Waals surface area contributed by atoms with Crippen LogP contribution in [0.15, 0.2) is 50.7 Å². The number of para-hydroxylation sites is 1. The zero-order chi connectivity index (χ0) is 29.5. The quantitative estimate of drug-likeness (QED) is 0.280. The highest BCUT2D eigenvalue weighted by Gasteiger charge is 2.36. The number of aliphatic carboxylic acids is 1. The lowest BCUT2D eigenvalue weighted by Gasteiger charge is -2.31. The van der Waals surface area contributed by atoms with Crippen LogP contribution in [0.2, 0.25) is 0 Å². The van der Waals surface area contributed by atoms with Crippen molar-refractivity contribution in [1.82, 2.24) is 14.1 Å². The van der Waals surface area contributed by atoms with Crippen molar-refractivity contribution in [3.8, 4) is 16.5 Å². The average molecular weight is 582 g/mol. The number of nitrogens with zero attached hydrogens (tertiary/aromatic N) is 3. The molecule has 1 saturated carbocycles. The molecule has 218 valence electrons. The maximum Gasteiger partial charge on any atom is 0.333 e. The van der Waals surface area contributed by atoms with Crippen molar-refractivity contribution in [2.75, 3.05) is 7.11 Å². The summed E-state index contributed by atoms with van der Waals surface area (Å²) in [7, 11) is 1.59. The molecule has 1 fully saturated rings. The second-order valence-electron chi connectivity index (χ2n) is 11.2. The van der Waals surface area contributed by atoms with Gasteiger partial charge in [-0.25, -0.2) is 19.1 Å². The lowest BCUT2D eigenvalue weighted by molar-refractivity contribution is -0.146. The lowest BCUT2D eigenvalue weighted by atomic mass is 9.88. The number of rotatable bonds is 9. The van der Waals surface area contributed by atoms with Gasteiger partial charge in [0.2, 0.25) is 5.89 Å². The van der Waals surface area contributed by atoms with E-state index in [4.69, 9.17) is 13.9 Å². The van der Waals surface area contributed by atoms with Crippen LogP contribution in [0.3, 0.4) is 0 Å². The summed E-state index contributed by atoms with van der Waals surface area (Å²) < 4.78 is 20.2. The zero-order valence-electron chi connectivity index (χ0n) is 23.9. The fourth-order valence-corrected chi connectivity index (χ4v) is 6.79. The first-order valence-corrected chi connectivity index (χ1v) is 14.6. The molecule has 5 rings (SSSR count). The molecule has 1 N–H and O–H groups in total. The van der Waals surface area contributed by atoms with Crippen LogP contribution in [-0.4, -0.2) is 38.4 Å². The van der Waals surface area contributed by atoms with E-state index >= 15 is 0 Å². The second-order valence-corrected chi connectivity index (χ2v) is 12.2. The van der Waals surface area contributed by atoms with Crippen LogP contribution >= 0.6 is 11.3 Å². The van der Waals surface area contributed by atoms with E-state index in [1.807, 2.05) is 24.3 Å². The number of hydrogen-bond acceptors (Lipinski definition) is 8. The predicted octanol–water partition coefficient (Wildman–Crippen LogP) is 5.35. The van der Waals surface area contributed by atoms with Crippen molar-refractivity contribution in [2.45, 2.75) is 77.7 Å². The summed E-state index contributed by atoms with van der Waals surface area (Å²) in [6.07, 6.45) is 6.23. The van der Waals surface area contributed by atoms with Crippen molar-refractivity contribution in [3.63, 3.8) is 0 Å². The smallest absolute Gasteiger partial charge is 0.333 e. The summed E-state index contributed by atoms with van der Waals surface area (Å²) in [5, 5.41) is 10.3. The van der Waals surface area contributed by atoms with Crippen molar-refractivity contribution >= 4 is 27.5 Å². The van der Waals surface area contributed by atoms with Crippen LogP contribution in [0.1, 0.15) is 63.7 Å². The van der Waals surface area contributed by atoms with Crippen LogP contribution in [0.25, 0.3) is 21.0 Å². The fourth-order valence-electron chi connectivity index (χ4n) is 5.55. The minimum atomic E-state index is -1.80. The van der Waals surface area contributed by atoms with Crippen LogP contribution in [0.5, 0.6) is 5.75 Å². The topological polar surface area (TPSA) is 126 Å². The molecular weight excluding hydrogens is 546 g/mol. The number of carboxylic acids is 1. The van der Waals surface area contributed by atoms with Gasteiger partial charge in [0.05, 0.1) is 36.2 Å². The fraction of sp³-hybridized carbons (Fsp3) is 0.467. The molecule has 0 saturated heterocycles. The van der Waals surface area contributed by atoms with Gasteiger partial charge in [0.25, 0.3) is 5.56 Å². The molecule has 10 nitrogen and oxygen atoms in total. The molecule has 0 bridgehead atoms. The summed E-state index contributed by atoms with van der Waals surface area (Å²) in [5.74, 6) is 0.275.